The molecule has 0 spiro atoms. The Morgan fingerprint density at radius 3 is 2.45 bits per heavy atom. The van der Waals surface area contributed by atoms with Gasteiger partial charge in [0.25, 0.3) is 0 Å². The number of aromatic carboxylic acids is 1. The van der Waals surface area contributed by atoms with Crippen LogP contribution in [-0.2, 0) is 25.8 Å². The molecule has 6 heteroatoms. The first-order chi connectivity index (χ1) is 16.1. The van der Waals surface area contributed by atoms with Crippen LogP contribution in [0.3, 0.4) is 0 Å². The zero-order chi connectivity index (χ0) is 23.0. The molecule has 0 fully saturated rings. The number of carbonyl (C=O) groups is 1. The number of aryl methyl sites for hydroxylation is 3. The van der Waals surface area contributed by atoms with Crippen LogP contribution in [0.5, 0.6) is 0 Å². The Balaban J connectivity index is 1.51. The van der Waals surface area contributed by atoms with Crippen molar-refractivity contribution in [2.75, 3.05) is 0 Å². The van der Waals surface area contributed by atoms with Crippen LogP contribution in [0.1, 0.15) is 52.9 Å². The molecule has 6 nitrogen and oxygen atoms in total. The molecule has 168 valence electrons. The van der Waals surface area contributed by atoms with Crippen molar-refractivity contribution in [2.45, 2.75) is 45.6 Å². The monoisotopic (exact) mass is 440 g/mol. The maximum Gasteiger partial charge on any atom is 0.336 e. The third-order valence-electron chi connectivity index (χ3n) is 5.62. The molecule has 4 rings (SSSR count). The molecule has 1 N–H and O–H groups in total. The number of pyridine rings is 1. The van der Waals surface area contributed by atoms with Crippen molar-refractivity contribution >= 4 is 5.97 Å². The van der Waals surface area contributed by atoms with Crippen LogP contribution in [0.15, 0.2) is 72.9 Å². The summed E-state index contributed by atoms with van der Waals surface area (Å²) in [7, 11) is 0. The van der Waals surface area contributed by atoms with E-state index in [1.807, 2.05) is 28.9 Å². The van der Waals surface area contributed by atoms with Crippen molar-refractivity contribution in [3.05, 3.63) is 101 Å². The van der Waals surface area contributed by atoms with E-state index in [1.165, 1.54) is 5.56 Å². The number of carboxylic acid groups (broad SMARTS) is 1. The van der Waals surface area contributed by atoms with Gasteiger partial charge in [-0.1, -0.05) is 67.9 Å². The Morgan fingerprint density at radius 2 is 1.73 bits per heavy atom. The van der Waals surface area contributed by atoms with E-state index in [1.54, 1.807) is 24.4 Å². The summed E-state index contributed by atoms with van der Waals surface area (Å²) in [6, 6.07) is 21.2. The summed E-state index contributed by atoms with van der Waals surface area (Å²) in [4.78, 5) is 20.9. The lowest BCUT2D eigenvalue weighted by molar-refractivity contribution is 0.0697. The third-order valence-corrected chi connectivity index (χ3v) is 5.62. The number of unbranched alkanes of at least 4 members (excludes halogenated alkanes) is 1. The Labute approximate surface area is 194 Å². The summed E-state index contributed by atoms with van der Waals surface area (Å²) < 4.78 is 2.03. The molecule has 0 radical (unpaired) electrons. The lowest BCUT2D eigenvalue weighted by Crippen LogP contribution is -2.07. The molecular weight excluding hydrogens is 412 g/mol. The number of hydrogen-bond donors (Lipinski definition) is 1. The van der Waals surface area contributed by atoms with Gasteiger partial charge < -0.3 is 5.11 Å². The number of hydrogen-bond acceptors (Lipinski definition) is 4. The topological polar surface area (TPSA) is 80.9 Å². The molecule has 0 atom stereocenters. The second-order valence-corrected chi connectivity index (χ2v) is 8.09. The highest BCUT2D eigenvalue weighted by Crippen LogP contribution is 2.22. The normalized spacial score (nSPS) is 10.9. The fourth-order valence-electron chi connectivity index (χ4n) is 3.81. The van der Waals surface area contributed by atoms with Crippen LogP contribution < -0.4 is 0 Å². The molecule has 0 bridgehead atoms. The largest absolute Gasteiger partial charge is 0.478 e. The Bertz CT molecular complexity index is 1200. The van der Waals surface area contributed by atoms with Gasteiger partial charge in [-0.05, 0) is 36.1 Å². The summed E-state index contributed by atoms with van der Waals surface area (Å²) in [6.45, 7) is 3.02. The van der Waals surface area contributed by atoms with E-state index < -0.39 is 5.97 Å². The van der Waals surface area contributed by atoms with E-state index in [0.29, 0.717) is 17.7 Å². The second kappa shape index (κ2) is 10.7. The fraction of sp³-hybridized carbons (Fsp3) is 0.259. The van der Waals surface area contributed by atoms with Gasteiger partial charge in [-0.2, -0.15) is 5.10 Å². The standard InChI is InChI=1S/C27H28N4O2/c1-2-3-17-31-26(29-25(30-31)16-14-20-9-5-4-6-10-20)18-21-13-15-24(28-19-21)22-11-7-8-12-23(22)27(32)33/h4-13,15,19H,2-3,14,16-18H2,1H3,(H,32,33). The first-order valence-electron chi connectivity index (χ1n) is 11.4. The average Bonchev–Trinajstić information content (AvgIpc) is 3.24. The molecule has 0 aliphatic carbocycles. The predicted octanol–water partition coefficient (Wildman–Crippen LogP) is 5.21. The zero-order valence-corrected chi connectivity index (χ0v) is 18.8. The molecule has 0 saturated heterocycles. The number of rotatable bonds is 10. The van der Waals surface area contributed by atoms with E-state index in [4.69, 9.17) is 10.1 Å². The van der Waals surface area contributed by atoms with E-state index >= 15 is 0 Å². The molecule has 4 aromatic rings. The minimum absolute atomic E-state index is 0.250. The molecule has 2 aromatic heterocycles. The summed E-state index contributed by atoms with van der Waals surface area (Å²) in [6.07, 6.45) is 6.30. The summed E-state index contributed by atoms with van der Waals surface area (Å²) in [5.74, 6) is 0.848. The van der Waals surface area contributed by atoms with E-state index in [-0.39, 0.29) is 5.56 Å². The van der Waals surface area contributed by atoms with Gasteiger partial charge in [0.1, 0.15) is 5.82 Å². The van der Waals surface area contributed by atoms with E-state index in [2.05, 4.69) is 36.2 Å². The fourth-order valence-corrected chi connectivity index (χ4v) is 3.81. The third kappa shape index (κ3) is 5.71. The highest BCUT2D eigenvalue weighted by Gasteiger charge is 2.14. The van der Waals surface area contributed by atoms with Crippen LogP contribution in [0.25, 0.3) is 11.3 Å². The minimum atomic E-state index is -0.955. The molecule has 0 saturated carbocycles. The molecule has 2 heterocycles. The van der Waals surface area contributed by atoms with Crippen molar-refractivity contribution in [3.63, 3.8) is 0 Å². The highest BCUT2D eigenvalue weighted by molar-refractivity contribution is 5.95. The summed E-state index contributed by atoms with van der Waals surface area (Å²) in [5.41, 5.74) is 3.82. The van der Waals surface area contributed by atoms with E-state index in [9.17, 15) is 9.90 Å². The van der Waals surface area contributed by atoms with Gasteiger partial charge in [-0.15, -0.1) is 0 Å². The smallest absolute Gasteiger partial charge is 0.336 e. The zero-order valence-electron chi connectivity index (χ0n) is 18.8. The Morgan fingerprint density at radius 1 is 0.939 bits per heavy atom. The van der Waals surface area contributed by atoms with Gasteiger partial charge >= 0.3 is 5.97 Å². The van der Waals surface area contributed by atoms with Gasteiger partial charge in [0.05, 0.1) is 11.3 Å². The lowest BCUT2D eigenvalue weighted by atomic mass is 10.0. The van der Waals surface area contributed by atoms with Gasteiger partial charge in [0, 0.05) is 31.1 Å². The van der Waals surface area contributed by atoms with Gasteiger partial charge in [-0.3, -0.25) is 4.98 Å². The molecule has 0 aliphatic heterocycles. The lowest BCUT2D eigenvalue weighted by Gasteiger charge is -2.07. The van der Waals surface area contributed by atoms with Crippen LogP contribution in [-0.4, -0.2) is 30.8 Å². The highest BCUT2D eigenvalue weighted by atomic mass is 16.4. The maximum absolute atomic E-state index is 11.5. The van der Waals surface area contributed by atoms with Crippen molar-refractivity contribution < 1.29 is 9.90 Å². The second-order valence-electron chi connectivity index (χ2n) is 8.09. The Kier molecular flexibility index (Phi) is 7.25. The van der Waals surface area contributed by atoms with Crippen LogP contribution in [0.4, 0.5) is 0 Å². The van der Waals surface area contributed by atoms with Crippen molar-refractivity contribution in [1.29, 1.82) is 0 Å². The molecule has 0 unspecified atom stereocenters. The van der Waals surface area contributed by atoms with Crippen molar-refractivity contribution in [3.8, 4) is 11.3 Å². The number of nitrogens with zero attached hydrogens (tertiary/aromatic N) is 4. The van der Waals surface area contributed by atoms with Gasteiger partial charge in [0.2, 0.25) is 0 Å². The van der Waals surface area contributed by atoms with Gasteiger partial charge in [0.15, 0.2) is 5.82 Å². The first-order valence-corrected chi connectivity index (χ1v) is 11.4. The Hall–Kier alpha value is -3.80. The molecule has 0 amide bonds. The van der Waals surface area contributed by atoms with Gasteiger partial charge in [-0.25, -0.2) is 14.5 Å². The molecule has 33 heavy (non-hydrogen) atoms. The summed E-state index contributed by atoms with van der Waals surface area (Å²) >= 11 is 0. The SMILES string of the molecule is CCCCn1nc(CCc2ccccc2)nc1Cc1ccc(-c2ccccc2C(=O)O)nc1. The predicted molar refractivity (Wildman–Crippen MR) is 128 cm³/mol. The van der Waals surface area contributed by atoms with Crippen molar-refractivity contribution in [1.82, 2.24) is 19.7 Å². The maximum atomic E-state index is 11.5. The molecule has 0 aliphatic rings. The molecule has 2 aromatic carbocycles. The quantitative estimate of drug-likeness (QED) is 0.366. The number of benzene rings is 2. The molecular formula is C27H28N4O2. The minimum Gasteiger partial charge on any atom is -0.478 e. The first kappa shape index (κ1) is 22.4. The van der Waals surface area contributed by atoms with E-state index in [0.717, 1.165) is 49.4 Å². The van der Waals surface area contributed by atoms with Crippen LogP contribution >= 0.6 is 0 Å². The van der Waals surface area contributed by atoms with Crippen LogP contribution in [0.2, 0.25) is 0 Å². The number of carboxylic acids is 1. The average molecular weight is 441 g/mol. The van der Waals surface area contributed by atoms with Crippen LogP contribution in [0, 0.1) is 0 Å². The number of aromatic nitrogens is 4. The summed E-state index contributed by atoms with van der Waals surface area (Å²) in [5, 5.41) is 14.2. The van der Waals surface area contributed by atoms with Crippen molar-refractivity contribution in [2.24, 2.45) is 0 Å².